The second-order valence-corrected chi connectivity index (χ2v) is 7.05. The van der Waals surface area contributed by atoms with Gasteiger partial charge in [-0.25, -0.2) is 0 Å². The van der Waals surface area contributed by atoms with Gasteiger partial charge in [0, 0.05) is 6.42 Å². The second-order valence-electron chi connectivity index (χ2n) is 7.05. The first kappa shape index (κ1) is 16.9. The molecule has 2 rings (SSSR count). The van der Waals surface area contributed by atoms with Gasteiger partial charge in [-0.3, -0.25) is 0 Å². The molecule has 0 aliphatic carbocycles. The first-order chi connectivity index (χ1) is 10.1. The number of rotatable bonds is 2. The molecular formula is C15H24NO6+. The highest BCUT2D eigenvalue weighted by atomic mass is 16.6. The minimum atomic E-state index is -0.999. The van der Waals surface area contributed by atoms with Crippen molar-refractivity contribution in [2.75, 3.05) is 13.2 Å². The smallest absolute Gasteiger partial charge is 0.420 e. The van der Waals surface area contributed by atoms with E-state index < -0.39 is 33.9 Å². The molecule has 2 saturated heterocycles. The van der Waals surface area contributed by atoms with Gasteiger partial charge in [-0.1, -0.05) is 0 Å². The van der Waals surface area contributed by atoms with Gasteiger partial charge >= 0.3 is 12.2 Å². The van der Waals surface area contributed by atoms with Crippen molar-refractivity contribution in [3.05, 3.63) is 0 Å². The molecule has 1 unspecified atom stereocenters. The van der Waals surface area contributed by atoms with Gasteiger partial charge in [0.1, 0.15) is 18.2 Å². The molecule has 4 atom stereocenters. The molecule has 0 saturated carbocycles. The van der Waals surface area contributed by atoms with Crippen molar-refractivity contribution < 1.29 is 33.1 Å². The zero-order valence-electron chi connectivity index (χ0n) is 13.8. The zero-order chi connectivity index (χ0) is 16.8. The van der Waals surface area contributed by atoms with Crippen molar-refractivity contribution in [2.45, 2.75) is 64.4 Å². The molecule has 2 aliphatic heterocycles. The first-order valence-electron chi connectivity index (χ1n) is 7.50. The molecule has 0 aromatic rings. The SMILES string of the molecule is CCOC(=O)[N@@+]1(C(=O)OC(C)(C)C)C[C@H]2C[C@]1(C)C(C=O)O2. The van der Waals surface area contributed by atoms with Crippen molar-refractivity contribution in [1.82, 2.24) is 0 Å². The topological polar surface area (TPSA) is 78.9 Å². The van der Waals surface area contributed by atoms with Crippen LogP contribution in [0.4, 0.5) is 9.59 Å². The number of carbonyl (C=O) groups excluding carboxylic acids is 3. The fraction of sp³-hybridized carbons (Fsp3) is 0.800. The van der Waals surface area contributed by atoms with Crippen LogP contribution in [0.15, 0.2) is 0 Å². The molecule has 2 amide bonds. The minimum absolute atomic E-state index is 0.134. The molecule has 7 heteroatoms. The van der Waals surface area contributed by atoms with E-state index >= 15 is 0 Å². The van der Waals surface area contributed by atoms with Gasteiger partial charge in [0.2, 0.25) is 0 Å². The molecule has 0 aromatic heterocycles. The Balaban J connectivity index is 2.46. The van der Waals surface area contributed by atoms with E-state index in [4.69, 9.17) is 14.2 Å². The van der Waals surface area contributed by atoms with Crippen LogP contribution in [0.5, 0.6) is 0 Å². The molecule has 2 bridgehead atoms. The fourth-order valence-electron chi connectivity index (χ4n) is 3.37. The van der Waals surface area contributed by atoms with Crippen LogP contribution in [-0.2, 0) is 19.0 Å². The summed E-state index contributed by atoms with van der Waals surface area (Å²) in [6.45, 7) is 8.86. The average Bonchev–Trinajstić information content (AvgIpc) is 2.86. The number of aldehydes is 1. The fourth-order valence-corrected chi connectivity index (χ4v) is 3.37. The number of hydrogen-bond donors (Lipinski definition) is 0. The zero-order valence-corrected chi connectivity index (χ0v) is 13.8. The van der Waals surface area contributed by atoms with E-state index in [2.05, 4.69) is 0 Å². The second kappa shape index (κ2) is 5.31. The number of imide groups is 1. The maximum absolute atomic E-state index is 12.8. The van der Waals surface area contributed by atoms with E-state index in [9.17, 15) is 14.4 Å². The van der Waals surface area contributed by atoms with E-state index in [-0.39, 0.29) is 19.3 Å². The summed E-state index contributed by atoms with van der Waals surface area (Å²) >= 11 is 0. The third-order valence-electron chi connectivity index (χ3n) is 4.35. The summed E-state index contributed by atoms with van der Waals surface area (Å²) in [6, 6.07) is 0. The Morgan fingerprint density at radius 2 is 2.00 bits per heavy atom. The summed E-state index contributed by atoms with van der Waals surface area (Å²) in [5.41, 5.74) is -1.74. The van der Waals surface area contributed by atoms with E-state index in [0.717, 1.165) is 0 Å². The molecule has 22 heavy (non-hydrogen) atoms. The van der Waals surface area contributed by atoms with Crippen LogP contribution in [0, 0.1) is 0 Å². The Bertz CT molecular complexity index is 499. The van der Waals surface area contributed by atoms with Gasteiger partial charge in [0.25, 0.3) is 0 Å². The highest BCUT2D eigenvalue weighted by Crippen LogP contribution is 2.49. The highest BCUT2D eigenvalue weighted by Gasteiger charge is 2.75. The molecule has 7 nitrogen and oxygen atoms in total. The lowest BCUT2D eigenvalue weighted by Crippen LogP contribution is -2.72. The predicted molar refractivity (Wildman–Crippen MR) is 76.1 cm³/mol. The number of carbonyl (C=O) groups is 3. The normalized spacial score (nSPS) is 37.0. The number of likely N-dealkylation sites (tertiary alicyclic amines) is 1. The van der Waals surface area contributed by atoms with Crippen molar-refractivity contribution >= 4 is 18.5 Å². The largest absolute Gasteiger partial charge is 0.527 e. The van der Waals surface area contributed by atoms with Crippen molar-refractivity contribution in [1.29, 1.82) is 0 Å². The number of morpholine rings is 1. The van der Waals surface area contributed by atoms with Crippen molar-refractivity contribution in [3.8, 4) is 0 Å². The summed E-state index contributed by atoms with van der Waals surface area (Å²) in [5, 5.41) is 0. The lowest BCUT2D eigenvalue weighted by molar-refractivity contribution is -0.837. The lowest BCUT2D eigenvalue weighted by Gasteiger charge is -2.43. The quantitative estimate of drug-likeness (QED) is 0.573. The van der Waals surface area contributed by atoms with E-state index in [1.54, 1.807) is 34.6 Å². The van der Waals surface area contributed by atoms with Crippen molar-refractivity contribution in [2.24, 2.45) is 0 Å². The Kier molecular flexibility index (Phi) is 4.08. The van der Waals surface area contributed by atoms with Gasteiger partial charge in [0.15, 0.2) is 17.9 Å². The Labute approximate surface area is 130 Å². The van der Waals surface area contributed by atoms with E-state index in [0.29, 0.717) is 12.7 Å². The maximum Gasteiger partial charge on any atom is 0.527 e. The van der Waals surface area contributed by atoms with Crippen LogP contribution in [0.1, 0.15) is 41.0 Å². The minimum Gasteiger partial charge on any atom is -0.420 e. The highest BCUT2D eigenvalue weighted by molar-refractivity contribution is 5.79. The van der Waals surface area contributed by atoms with Crippen LogP contribution in [0.2, 0.25) is 0 Å². The molecule has 124 valence electrons. The number of nitrogens with zero attached hydrogens (tertiary/aromatic N) is 1. The summed E-state index contributed by atoms with van der Waals surface area (Å²) in [5.74, 6) is 0. The molecule has 0 N–H and O–H groups in total. The summed E-state index contributed by atoms with van der Waals surface area (Å²) < 4.78 is 15.5. The van der Waals surface area contributed by atoms with Crippen LogP contribution in [0.3, 0.4) is 0 Å². The van der Waals surface area contributed by atoms with Gasteiger partial charge < -0.3 is 19.0 Å². The lowest BCUT2D eigenvalue weighted by atomic mass is 9.92. The molecule has 2 fully saturated rings. The van der Waals surface area contributed by atoms with Gasteiger partial charge in [-0.15, -0.1) is 4.48 Å². The van der Waals surface area contributed by atoms with Gasteiger partial charge in [-0.05, 0) is 34.6 Å². The number of ether oxygens (including phenoxy) is 3. The van der Waals surface area contributed by atoms with E-state index in [1.165, 1.54) is 0 Å². The standard InChI is InChI=1S/C15H24NO6/c1-6-20-12(18)16(13(19)22-14(2,3)4)8-10-7-15(16,5)11(9-17)21-10/h9-11H,6-8H2,1-5H3/q+1/t10-,11?,15-,16-/m1/s1. The number of quaternary nitrogens is 1. The van der Waals surface area contributed by atoms with Gasteiger partial charge in [-0.2, -0.15) is 9.59 Å². The Morgan fingerprint density at radius 3 is 2.45 bits per heavy atom. The van der Waals surface area contributed by atoms with Crippen LogP contribution in [0.25, 0.3) is 0 Å². The number of fused-ring (bicyclic) bond motifs is 2. The molecule has 2 heterocycles. The average molecular weight is 314 g/mol. The monoisotopic (exact) mass is 314 g/mol. The molecule has 0 spiro atoms. The molecule has 0 aromatic carbocycles. The van der Waals surface area contributed by atoms with Crippen LogP contribution >= 0.6 is 0 Å². The Hall–Kier alpha value is -1.47. The van der Waals surface area contributed by atoms with Crippen LogP contribution < -0.4 is 0 Å². The van der Waals surface area contributed by atoms with Gasteiger partial charge in [0.05, 0.1) is 6.61 Å². The van der Waals surface area contributed by atoms with E-state index in [1.807, 2.05) is 0 Å². The van der Waals surface area contributed by atoms with Crippen LogP contribution in [-0.4, -0.2) is 59.5 Å². The molecular weight excluding hydrogens is 290 g/mol. The predicted octanol–water partition coefficient (Wildman–Crippen LogP) is 2.02. The number of amides is 2. The Morgan fingerprint density at radius 1 is 1.36 bits per heavy atom. The van der Waals surface area contributed by atoms with Crippen molar-refractivity contribution in [3.63, 3.8) is 0 Å². The summed E-state index contributed by atoms with van der Waals surface area (Å²) in [6.07, 6.45) is -1.45. The number of hydrogen-bond acceptors (Lipinski definition) is 6. The third-order valence-corrected chi connectivity index (χ3v) is 4.35. The maximum atomic E-state index is 12.8. The third kappa shape index (κ3) is 2.32. The summed E-state index contributed by atoms with van der Waals surface area (Å²) in [4.78, 5) is 36.8. The molecule has 0 radical (unpaired) electrons. The summed E-state index contributed by atoms with van der Waals surface area (Å²) in [7, 11) is 0. The first-order valence-corrected chi connectivity index (χ1v) is 7.50. The molecule has 2 aliphatic rings.